The van der Waals surface area contributed by atoms with E-state index < -0.39 is 36.8 Å². The fraction of sp³-hybridized carbons (Fsp3) is 0.526. The standard InChI is InChI=1S/C19H26N2O8/c1-4-21(11(2)7-13-5-6-15-16(8-13)27-10-26-15)19(25)29-12(3)28-18(24)14(20)9-17(22)23/h5-6,8,11-12,14H,4,7,9-10,20H2,1-3H3,(H,22,23). The van der Waals surface area contributed by atoms with Crippen LogP contribution in [-0.2, 0) is 25.5 Å². The predicted octanol–water partition coefficient (Wildman–Crippen LogP) is 1.50. The largest absolute Gasteiger partial charge is 0.481 e. The van der Waals surface area contributed by atoms with E-state index in [2.05, 4.69) is 0 Å². The van der Waals surface area contributed by atoms with E-state index >= 15 is 0 Å². The molecule has 3 N–H and O–H groups in total. The lowest BCUT2D eigenvalue weighted by atomic mass is 10.1. The Bertz CT molecular complexity index is 754. The van der Waals surface area contributed by atoms with E-state index in [1.54, 1.807) is 6.92 Å². The summed E-state index contributed by atoms with van der Waals surface area (Å²) in [5.41, 5.74) is 6.40. The van der Waals surface area contributed by atoms with Crippen molar-refractivity contribution in [3.8, 4) is 11.5 Å². The molecule has 1 amide bonds. The molecule has 0 aliphatic carbocycles. The van der Waals surface area contributed by atoms with Crippen LogP contribution in [0, 0.1) is 0 Å². The van der Waals surface area contributed by atoms with E-state index in [9.17, 15) is 14.4 Å². The number of nitrogens with two attached hydrogens (primary N) is 1. The molecule has 0 saturated carbocycles. The molecule has 0 bridgehead atoms. The summed E-state index contributed by atoms with van der Waals surface area (Å²) in [5, 5.41) is 8.66. The molecule has 1 aliphatic heterocycles. The van der Waals surface area contributed by atoms with E-state index in [-0.39, 0.29) is 12.8 Å². The van der Waals surface area contributed by atoms with Crippen molar-refractivity contribution in [3.05, 3.63) is 23.8 Å². The van der Waals surface area contributed by atoms with E-state index in [4.69, 9.17) is 29.8 Å². The molecule has 160 valence electrons. The van der Waals surface area contributed by atoms with E-state index in [1.807, 2.05) is 25.1 Å². The van der Waals surface area contributed by atoms with Crippen molar-refractivity contribution in [1.29, 1.82) is 0 Å². The van der Waals surface area contributed by atoms with Crippen LogP contribution in [0.15, 0.2) is 18.2 Å². The number of aliphatic carboxylic acids is 1. The lowest BCUT2D eigenvalue weighted by molar-refractivity contribution is -0.169. The van der Waals surface area contributed by atoms with Crippen LogP contribution in [0.5, 0.6) is 11.5 Å². The van der Waals surface area contributed by atoms with Gasteiger partial charge in [-0.3, -0.25) is 9.59 Å². The Morgan fingerprint density at radius 3 is 2.55 bits per heavy atom. The summed E-state index contributed by atoms with van der Waals surface area (Å²) in [6.07, 6.45) is -1.89. The van der Waals surface area contributed by atoms with Crippen LogP contribution in [0.4, 0.5) is 4.79 Å². The first-order valence-corrected chi connectivity index (χ1v) is 9.24. The number of carbonyl (C=O) groups excluding carboxylic acids is 2. The predicted molar refractivity (Wildman–Crippen MR) is 100 cm³/mol. The summed E-state index contributed by atoms with van der Waals surface area (Å²) < 4.78 is 20.7. The molecule has 29 heavy (non-hydrogen) atoms. The highest BCUT2D eigenvalue weighted by molar-refractivity contribution is 5.81. The van der Waals surface area contributed by atoms with Crippen molar-refractivity contribution >= 4 is 18.0 Å². The topological polar surface area (TPSA) is 138 Å². The Kier molecular flexibility index (Phi) is 7.66. The highest BCUT2D eigenvalue weighted by Crippen LogP contribution is 2.33. The third-order valence-electron chi connectivity index (χ3n) is 4.32. The number of esters is 1. The summed E-state index contributed by atoms with van der Waals surface area (Å²) in [4.78, 5) is 36.3. The van der Waals surface area contributed by atoms with Gasteiger partial charge < -0.3 is 34.7 Å². The zero-order valence-electron chi connectivity index (χ0n) is 16.6. The van der Waals surface area contributed by atoms with Crippen molar-refractivity contribution in [2.75, 3.05) is 13.3 Å². The van der Waals surface area contributed by atoms with E-state index in [1.165, 1.54) is 11.8 Å². The number of rotatable bonds is 9. The molecule has 0 saturated heterocycles. The number of carboxylic acids is 1. The van der Waals surface area contributed by atoms with Crippen molar-refractivity contribution in [1.82, 2.24) is 4.90 Å². The maximum Gasteiger partial charge on any atom is 0.413 e. The number of hydrogen-bond donors (Lipinski definition) is 2. The average molecular weight is 410 g/mol. The summed E-state index contributed by atoms with van der Waals surface area (Å²) in [6, 6.07) is 4.05. The Hall–Kier alpha value is -3.01. The zero-order chi connectivity index (χ0) is 21.6. The lowest BCUT2D eigenvalue weighted by Crippen LogP contribution is -2.43. The molecule has 1 aromatic rings. The van der Waals surface area contributed by atoms with Crippen LogP contribution in [-0.4, -0.2) is 59.7 Å². The molecule has 1 heterocycles. The Morgan fingerprint density at radius 2 is 1.90 bits per heavy atom. The van der Waals surface area contributed by atoms with Crippen molar-refractivity contribution in [3.63, 3.8) is 0 Å². The fourth-order valence-corrected chi connectivity index (χ4v) is 2.90. The van der Waals surface area contributed by atoms with Gasteiger partial charge in [-0.15, -0.1) is 0 Å². The Morgan fingerprint density at radius 1 is 1.21 bits per heavy atom. The number of likely N-dealkylation sites (N-methyl/N-ethyl adjacent to an activating group) is 1. The van der Waals surface area contributed by atoms with Crippen LogP contribution in [0.3, 0.4) is 0 Å². The lowest BCUT2D eigenvalue weighted by Gasteiger charge is -2.28. The quantitative estimate of drug-likeness (QED) is 0.458. The Labute approximate surface area is 168 Å². The number of hydrogen-bond acceptors (Lipinski definition) is 8. The molecule has 3 atom stereocenters. The normalized spacial score (nSPS) is 15.2. The molecular weight excluding hydrogens is 384 g/mol. The number of carboxylic acid groups (broad SMARTS) is 1. The van der Waals surface area contributed by atoms with Gasteiger partial charge in [0.25, 0.3) is 0 Å². The molecule has 3 unspecified atom stereocenters. The van der Waals surface area contributed by atoms with E-state index in [0.29, 0.717) is 24.5 Å². The second-order valence-corrected chi connectivity index (χ2v) is 6.62. The first-order valence-electron chi connectivity index (χ1n) is 9.24. The minimum atomic E-state index is -1.33. The van der Waals surface area contributed by atoms with Crippen molar-refractivity contribution < 1.29 is 38.4 Å². The second kappa shape index (κ2) is 9.97. The van der Waals surface area contributed by atoms with Gasteiger partial charge in [0.15, 0.2) is 11.5 Å². The summed E-state index contributed by atoms with van der Waals surface area (Å²) in [6.45, 7) is 5.60. The third-order valence-corrected chi connectivity index (χ3v) is 4.32. The van der Waals surface area contributed by atoms with Gasteiger partial charge in [0.2, 0.25) is 13.1 Å². The van der Waals surface area contributed by atoms with E-state index in [0.717, 1.165) is 5.56 Å². The fourth-order valence-electron chi connectivity index (χ4n) is 2.90. The number of benzene rings is 1. The van der Waals surface area contributed by atoms with Crippen LogP contribution in [0.25, 0.3) is 0 Å². The van der Waals surface area contributed by atoms with Gasteiger partial charge in [-0.1, -0.05) is 6.07 Å². The maximum absolute atomic E-state index is 12.5. The highest BCUT2D eigenvalue weighted by atomic mass is 16.7. The van der Waals surface area contributed by atoms with Crippen LogP contribution in [0.1, 0.15) is 32.8 Å². The molecule has 0 aromatic heterocycles. The third kappa shape index (κ3) is 6.24. The smallest absolute Gasteiger partial charge is 0.413 e. The molecule has 0 fully saturated rings. The number of carbonyl (C=O) groups is 3. The second-order valence-electron chi connectivity index (χ2n) is 6.62. The minimum absolute atomic E-state index is 0.189. The molecule has 0 spiro atoms. The van der Waals surface area contributed by atoms with Gasteiger partial charge in [-0.2, -0.15) is 0 Å². The minimum Gasteiger partial charge on any atom is -0.481 e. The molecule has 1 aliphatic rings. The summed E-state index contributed by atoms with van der Waals surface area (Å²) >= 11 is 0. The maximum atomic E-state index is 12.5. The Balaban J connectivity index is 1.89. The SMILES string of the molecule is CCN(C(=O)OC(C)OC(=O)C(N)CC(=O)O)C(C)Cc1ccc2c(c1)OCO2. The monoisotopic (exact) mass is 410 g/mol. The van der Waals surface area contributed by atoms with Gasteiger partial charge in [0.05, 0.1) is 6.42 Å². The zero-order valence-corrected chi connectivity index (χ0v) is 16.6. The number of amides is 1. The molecule has 2 rings (SSSR count). The van der Waals surface area contributed by atoms with Gasteiger partial charge in [0.1, 0.15) is 6.04 Å². The number of fused-ring (bicyclic) bond motifs is 1. The molecule has 0 radical (unpaired) electrons. The van der Waals surface area contributed by atoms with Crippen molar-refractivity contribution in [2.24, 2.45) is 5.73 Å². The molecule has 10 nitrogen and oxygen atoms in total. The van der Waals surface area contributed by atoms with Crippen LogP contribution in [0.2, 0.25) is 0 Å². The van der Waals surface area contributed by atoms with Gasteiger partial charge in [0, 0.05) is 19.5 Å². The van der Waals surface area contributed by atoms with Crippen LogP contribution >= 0.6 is 0 Å². The molecule has 10 heteroatoms. The first-order chi connectivity index (χ1) is 13.7. The first kappa shape index (κ1) is 22.3. The molecule has 1 aromatic carbocycles. The number of nitrogens with zero attached hydrogens (tertiary/aromatic N) is 1. The number of ether oxygens (including phenoxy) is 4. The summed E-state index contributed by atoms with van der Waals surface area (Å²) in [5.74, 6) is -0.832. The molecular formula is C19H26N2O8. The van der Waals surface area contributed by atoms with Gasteiger partial charge in [-0.25, -0.2) is 4.79 Å². The summed E-state index contributed by atoms with van der Waals surface area (Å²) in [7, 11) is 0. The highest BCUT2D eigenvalue weighted by Gasteiger charge is 2.26. The average Bonchev–Trinajstić information content (AvgIpc) is 3.09. The van der Waals surface area contributed by atoms with Crippen molar-refractivity contribution in [2.45, 2.75) is 52.0 Å². The van der Waals surface area contributed by atoms with Crippen LogP contribution < -0.4 is 15.2 Å². The van der Waals surface area contributed by atoms with Gasteiger partial charge >= 0.3 is 18.0 Å². The van der Waals surface area contributed by atoms with Gasteiger partial charge in [-0.05, 0) is 38.0 Å².